The van der Waals surface area contributed by atoms with Gasteiger partial charge in [0.25, 0.3) is 5.91 Å². The fraction of sp³-hybridized carbons (Fsp3) is 0.417. The number of nitrogens with two attached hydrogens (primary N) is 1. The molecule has 0 radical (unpaired) electrons. The van der Waals surface area contributed by atoms with Gasteiger partial charge < -0.3 is 15.4 Å². The van der Waals surface area contributed by atoms with E-state index < -0.39 is 0 Å². The van der Waals surface area contributed by atoms with Crippen LogP contribution in [0.1, 0.15) is 16.8 Å². The first-order valence-electron chi connectivity index (χ1n) is 5.39. The number of benzene rings is 1. The summed E-state index contributed by atoms with van der Waals surface area (Å²) >= 11 is 0. The summed E-state index contributed by atoms with van der Waals surface area (Å²) in [5, 5.41) is 0. The lowest BCUT2D eigenvalue weighted by atomic mass is 10.2. The molecule has 2 rings (SSSR count). The fourth-order valence-corrected chi connectivity index (χ4v) is 1.89. The molecule has 1 atom stereocenters. The van der Waals surface area contributed by atoms with Crippen molar-refractivity contribution in [1.82, 2.24) is 4.90 Å². The Kier molecular flexibility index (Phi) is 3.10. The zero-order valence-electron chi connectivity index (χ0n) is 9.35. The van der Waals surface area contributed by atoms with E-state index in [1.807, 2.05) is 0 Å². The van der Waals surface area contributed by atoms with Crippen LogP contribution in [-0.2, 0) is 0 Å². The number of ether oxygens (including phenoxy) is 1. The van der Waals surface area contributed by atoms with E-state index in [9.17, 15) is 4.79 Å². The number of likely N-dealkylation sites (tertiary alicyclic amines) is 1. The van der Waals surface area contributed by atoms with Crippen molar-refractivity contribution in [3.63, 3.8) is 0 Å². The first-order chi connectivity index (χ1) is 7.70. The van der Waals surface area contributed by atoms with Crippen LogP contribution >= 0.6 is 0 Å². The second-order valence-corrected chi connectivity index (χ2v) is 4.03. The molecule has 0 aliphatic carbocycles. The maximum Gasteiger partial charge on any atom is 0.253 e. The molecule has 1 amide bonds. The smallest absolute Gasteiger partial charge is 0.253 e. The van der Waals surface area contributed by atoms with Crippen LogP contribution in [0.15, 0.2) is 24.3 Å². The minimum absolute atomic E-state index is 0.0515. The van der Waals surface area contributed by atoms with Crippen LogP contribution in [0.5, 0.6) is 5.75 Å². The Hall–Kier alpha value is -1.55. The van der Waals surface area contributed by atoms with E-state index in [1.54, 1.807) is 36.3 Å². The predicted molar refractivity (Wildman–Crippen MR) is 61.5 cm³/mol. The summed E-state index contributed by atoms with van der Waals surface area (Å²) in [7, 11) is 1.61. The highest BCUT2D eigenvalue weighted by molar-refractivity contribution is 5.94. The molecule has 4 nitrogen and oxygen atoms in total. The van der Waals surface area contributed by atoms with Crippen LogP contribution in [0, 0.1) is 0 Å². The Morgan fingerprint density at radius 3 is 2.62 bits per heavy atom. The molecule has 16 heavy (non-hydrogen) atoms. The fourth-order valence-electron chi connectivity index (χ4n) is 1.89. The van der Waals surface area contributed by atoms with Crippen LogP contribution in [0.2, 0.25) is 0 Å². The summed E-state index contributed by atoms with van der Waals surface area (Å²) in [6.45, 7) is 1.41. The second-order valence-electron chi connectivity index (χ2n) is 4.03. The van der Waals surface area contributed by atoms with Gasteiger partial charge in [-0.15, -0.1) is 0 Å². The average Bonchev–Trinajstić information content (AvgIpc) is 2.75. The molecular formula is C12H16N2O2. The Morgan fingerprint density at radius 1 is 1.44 bits per heavy atom. The molecular weight excluding hydrogens is 204 g/mol. The maximum absolute atomic E-state index is 12.0. The molecule has 1 aromatic rings. The van der Waals surface area contributed by atoms with Gasteiger partial charge in [-0.05, 0) is 30.7 Å². The number of methoxy groups -OCH3 is 1. The molecule has 86 valence electrons. The van der Waals surface area contributed by atoms with Gasteiger partial charge in [-0.3, -0.25) is 4.79 Å². The van der Waals surface area contributed by atoms with Gasteiger partial charge in [-0.1, -0.05) is 0 Å². The van der Waals surface area contributed by atoms with Crippen LogP contribution in [-0.4, -0.2) is 37.0 Å². The molecule has 1 aromatic carbocycles. The van der Waals surface area contributed by atoms with Crippen molar-refractivity contribution < 1.29 is 9.53 Å². The van der Waals surface area contributed by atoms with Gasteiger partial charge in [0, 0.05) is 24.7 Å². The molecule has 1 aliphatic heterocycles. The summed E-state index contributed by atoms with van der Waals surface area (Å²) in [5.41, 5.74) is 6.46. The van der Waals surface area contributed by atoms with E-state index in [4.69, 9.17) is 10.5 Å². The molecule has 1 saturated heterocycles. The highest BCUT2D eigenvalue weighted by Gasteiger charge is 2.24. The zero-order valence-corrected chi connectivity index (χ0v) is 9.35. The summed E-state index contributed by atoms with van der Waals surface area (Å²) in [6.07, 6.45) is 0.891. The van der Waals surface area contributed by atoms with E-state index >= 15 is 0 Å². The quantitative estimate of drug-likeness (QED) is 0.804. The van der Waals surface area contributed by atoms with Gasteiger partial charge in [0.2, 0.25) is 0 Å². The Labute approximate surface area is 95.0 Å². The molecule has 1 unspecified atom stereocenters. The van der Waals surface area contributed by atoms with Crippen molar-refractivity contribution in [2.24, 2.45) is 5.73 Å². The van der Waals surface area contributed by atoms with E-state index in [1.165, 1.54) is 0 Å². The SMILES string of the molecule is COc1ccc(C(=O)N2CCC(N)C2)cc1. The van der Waals surface area contributed by atoms with E-state index in [0.29, 0.717) is 12.1 Å². The lowest BCUT2D eigenvalue weighted by Gasteiger charge is -2.15. The number of rotatable bonds is 2. The van der Waals surface area contributed by atoms with E-state index in [2.05, 4.69) is 0 Å². The Balaban J connectivity index is 2.08. The largest absolute Gasteiger partial charge is 0.497 e. The standard InChI is InChI=1S/C12H16N2O2/c1-16-11-4-2-9(3-5-11)12(15)14-7-6-10(13)8-14/h2-5,10H,6-8,13H2,1H3. The van der Waals surface area contributed by atoms with Gasteiger partial charge in [-0.2, -0.15) is 0 Å². The molecule has 2 N–H and O–H groups in total. The van der Waals surface area contributed by atoms with Crippen molar-refractivity contribution in [2.45, 2.75) is 12.5 Å². The van der Waals surface area contributed by atoms with E-state index in [0.717, 1.165) is 18.7 Å². The highest BCUT2D eigenvalue weighted by atomic mass is 16.5. The average molecular weight is 220 g/mol. The minimum Gasteiger partial charge on any atom is -0.497 e. The van der Waals surface area contributed by atoms with Crippen molar-refractivity contribution in [3.8, 4) is 5.75 Å². The molecule has 1 aliphatic rings. The summed E-state index contributed by atoms with van der Waals surface area (Å²) < 4.78 is 5.05. The monoisotopic (exact) mass is 220 g/mol. The van der Waals surface area contributed by atoms with Gasteiger partial charge in [-0.25, -0.2) is 0 Å². The van der Waals surface area contributed by atoms with Crippen LogP contribution < -0.4 is 10.5 Å². The molecule has 0 aromatic heterocycles. The third kappa shape index (κ3) is 2.17. The Bertz CT molecular complexity index is 375. The molecule has 0 bridgehead atoms. The molecule has 4 heteroatoms. The lowest BCUT2D eigenvalue weighted by Crippen LogP contribution is -2.31. The summed E-state index contributed by atoms with van der Waals surface area (Å²) in [5.74, 6) is 0.810. The molecule has 0 spiro atoms. The van der Waals surface area contributed by atoms with Gasteiger partial charge in [0.15, 0.2) is 0 Å². The normalized spacial score (nSPS) is 19.9. The van der Waals surface area contributed by atoms with Crippen molar-refractivity contribution in [1.29, 1.82) is 0 Å². The number of carbonyl (C=O) groups excluding carboxylic acids is 1. The van der Waals surface area contributed by atoms with Gasteiger partial charge in [0.05, 0.1) is 7.11 Å². The lowest BCUT2D eigenvalue weighted by molar-refractivity contribution is 0.0791. The maximum atomic E-state index is 12.0. The first-order valence-corrected chi connectivity index (χ1v) is 5.39. The first kappa shape index (κ1) is 11.0. The highest BCUT2D eigenvalue weighted by Crippen LogP contribution is 2.15. The van der Waals surface area contributed by atoms with Crippen molar-refractivity contribution in [3.05, 3.63) is 29.8 Å². The second kappa shape index (κ2) is 4.53. The minimum atomic E-state index is 0.0515. The number of amides is 1. The van der Waals surface area contributed by atoms with E-state index in [-0.39, 0.29) is 11.9 Å². The topological polar surface area (TPSA) is 55.6 Å². The Morgan fingerprint density at radius 2 is 2.12 bits per heavy atom. The third-order valence-corrected chi connectivity index (χ3v) is 2.85. The van der Waals surface area contributed by atoms with Crippen molar-refractivity contribution in [2.75, 3.05) is 20.2 Å². The van der Waals surface area contributed by atoms with Crippen molar-refractivity contribution >= 4 is 5.91 Å². The number of carbonyl (C=O) groups is 1. The zero-order chi connectivity index (χ0) is 11.5. The summed E-state index contributed by atoms with van der Waals surface area (Å²) in [4.78, 5) is 13.8. The number of nitrogens with zero attached hydrogens (tertiary/aromatic N) is 1. The summed E-state index contributed by atoms with van der Waals surface area (Å²) in [6, 6.07) is 7.28. The van der Waals surface area contributed by atoms with Gasteiger partial charge >= 0.3 is 0 Å². The van der Waals surface area contributed by atoms with Crippen LogP contribution in [0.25, 0.3) is 0 Å². The van der Waals surface area contributed by atoms with Crippen LogP contribution in [0.3, 0.4) is 0 Å². The molecule has 1 heterocycles. The number of hydrogen-bond acceptors (Lipinski definition) is 3. The van der Waals surface area contributed by atoms with Gasteiger partial charge in [0.1, 0.15) is 5.75 Å². The molecule has 0 saturated carbocycles. The third-order valence-electron chi connectivity index (χ3n) is 2.85. The molecule has 1 fully saturated rings. The van der Waals surface area contributed by atoms with Crippen LogP contribution in [0.4, 0.5) is 0 Å². The number of hydrogen-bond donors (Lipinski definition) is 1. The predicted octanol–water partition coefficient (Wildman–Crippen LogP) is 0.868.